The number of carbonyl (C=O) groups excluding carboxylic acids is 1. The van der Waals surface area contributed by atoms with Gasteiger partial charge in [-0.25, -0.2) is 12.7 Å². The van der Waals surface area contributed by atoms with E-state index in [0.717, 1.165) is 16.0 Å². The van der Waals surface area contributed by atoms with Gasteiger partial charge in [0, 0.05) is 36.2 Å². The molecule has 1 atom stereocenters. The fraction of sp³-hybridized carbons (Fsp3) is 0.227. The van der Waals surface area contributed by atoms with Crippen LogP contribution < -0.4 is 10.6 Å². The molecule has 3 aromatic rings. The fourth-order valence-electron chi connectivity index (χ4n) is 2.87. The van der Waals surface area contributed by atoms with Crippen LogP contribution in [0.1, 0.15) is 22.0 Å². The molecule has 1 heterocycles. The van der Waals surface area contributed by atoms with Gasteiger partial charge in [-0.2, -0.15) is 0 Å². The largest absolute Gasteiger partial charge is 0.324 e. The first kappa shape index (κ1) is 23.4. The Kier molecular flexibility index (Phi) is 7.51. The van der Waals surface area contributed by atoms with E-state index >= 15 is 0 Å². The predicted molar refractivity (Wildman–Crippen MR) is 126 cm³/mol. The molecule has 2 aromatic carbocycles. The number of benzene rings is 2. The summed E-state index contributed by atoms with van der Waals surface area (Å²) in [7, 11) is -0.479. The van der Waals surface area contributed by atoms with Crippen molar-refractivity contribution >= 4 is 44.6 Å². The first-order valence-electron chi connectivity index (χ1n) is 9.55. The number of hydrogen-bond acceptors (Lipinski definition) is 5. The summed E-state index contributed by atoms with van der Waals surface area (Å²) < 4.78 is 26.1. The number of aryl methyl sites for hydroxylation is 1. The highest BCUT2D eigenvalue weighted by molar-refractivity contribution is 7.91. The number of hydrogen-bond donors (Lipinski definition) is 2. The molecular weight excluding hydrogens is 454 g/mol. The zero-order chi connectivity index (χ0) is 22.6. The maximum Gasteiger partial charge on any atom is 0.252 e. The van der Waals surface area contributed by atoms with Crippen LogP contribution in [-0.2, 0) is 21.4 Å². The molecule has 3 rings (SSSR count). The molecule has 2 N–H and O–H groups in total. The molecule has 0 saturated heterocycles. The standard InChI is InChI=1S/C22H24ClN3O3S2/c1-15-9-10-17(13-19(15)23)25-22(27)21(16-7-5-4-6-8-16)24-14-18-11-12-20(30-18)31(28,29)26(2)3/h4-13,21,24H,14H2,1-3H3,(H,25,27). The number of sulfonamides is 1. The van der Waals surface area contributed by atoms with Crippen LogP contribution >= 0.6 is 22.9 Å². The van der Waals surface area contributed by atoms with Gasteiger partial charge in [0.2, 0.25) is 5.91 Å². The van der Waals surface area contributed by atoms with Crippen molar-refractivity contribution in [2.45, 2.75) is 23.7 Å². The summed E-state index contributed by atoms with van der Waals surface area (Å²) in [6.45, 7) is 2.24. The zero-order valence-electron chi connectivity index (χ0n) is 17.4. The molecule has 0 radical (unpaired) electrons. The topological polar surface area (TPSA) is 78.5 Å². The Morgan fingerprint density at radius 3 is 2.45 bits per heavy atom. The predicted octanol–water partition coefficient (Wildman–Crippen LogP) is 4.43. The van der Waals surface area contributed by atoms with Crippen LogP contribution in [-0.4, -0.2) is 32.7 Å². The lowest BCUT2D eigenvalue weighted by atomic mass is 10.1. The third kappa shape index (κ3) is 5.72. The molecule has 164 valence electrons. The summed E-state index contributed by atoms with van der Waals surface area (Å²) in [6.07, 6.45) is 0. The fourth-order valence-corrected chi connectivity index (χ4v) is 5.52. The molecule has 0 bridgehead atoms. The van der Waals surface area contributed by atoms with Gasteiger partial charge in [-0.15, -0.1) is 11.3 Å². The number of nitrogens with zero attached hydrogens (tertiary/aromatic N) is 1. The van der Waals surface area contributed by atoms with Gasteiger partial charge in [-0.1, -0.05) is 48.0 Å². The molecule has 0 saturated carbocycles. The van der Waals surface area contributed by atoms with E-state index in [-0.39, 0.29) is 10.1 Å². The van der Waals surface area contributed by atoms with Gasteiger partial charge in [-0.3, -0.25) is 10.1 Å². The number of halogens is 1. The van der Waals surface area contributed by atoms with Gasteiger partial charge in [0.25, 0.3) is 10.0 Å². The molecule has 1 aromatic heterocycles. The van der Waals surface area contributed by atoms with Crippen LogP contribution in [0, 0.1) is 6.92 Å². The molecule has 9 heteroatoms. The molecule has 0 spiro atoms. The van der Waals surface area contributed by atoms with Crippen molar-refractivity contribution in [1.82, 2.24) is 9.62 Å². The molecule has 31 heavy (non-hydrogen) atoms. The van der Waals surface area contributed by atoms with Crippen LogP contribution in [0.5, 0.6) is 0 Å². The smallest absolute Gasteiger partial charge is 0.252 e. The van der Waals surface area contributed by atoms with E-state index in [1.54, 1.807) is 24.3 Å². The molecule has 1 amide bonds. The number of anilines is 1. The Morgan fingerprint density at radius 2 is 1.81 bits per heavy atom. The molecule has 0 aliphatic rings. The summed E-state index contributed by atoms with van der Waals surface area (Å²) >= 11 is 7.36. The highest BCUT2D eigenvalue weighted by atomic mass is 35.5. The number of amides is 1. The lowest BCUT2D eigenvalue weighted by Crippen LogP contribution is -2.32. The van der Waals surface area contributed by atoms with E-state index in [1.807, 2.05) is 43.3 Å². The van der Waals surface area contributed by atoms with Crippen molar-refractivity contribution in [3.05, 3.63) is 81.7 Å². The second kappa shape index (κ2) is 9.93. The molecular formula is C22H24ClN3O3S2. The van der Waals surface area contributed by atoms with Crippen molar-refractivity contribution in [1.29, 1.82) is 0 Å². The summed E-state index contributed by atoms with van der Waals surface area (Å²) in [6, 6.07) is 17.4. The molecule has 0 fully saturated rings. The average Bonchev–Trinajstić information content (AvgIpc) is 3.21. The molecule has 0 aliphatic carbocycles. The summed E-state index contributed by atoms with van der Waals surface area (Å²) in [5, 5.41) is 6.73. The number of thiophene rings is 1. The normalized spacial score (nSPS) is 12.7. The molecule has 1 unspecified atom stereocenters. The first-order chi connectivity index (χ1) is 14.7. The average molecular weight is 478 g/mol. The van der Waals surface area contributed by atoms with E-state index in [9.17, 15) is 13.2 Å². The summed E-state index contributed by atoms with van der Waals surface area (Å²) in [5.74, 6) is -0.233. The minimum atomic E-state index is -3.48. The van der Waals surface area contributed by atoms with Crippen LogP contribution in [0.2, 0.25) is 5.02 Å². The lowest BCUT2D eigenvalue weighted by molar-refractivity contribution is -0.118. The second-order valence-electron chi connectivity index (χ2n) is 7.19. The van der Waals surface area contributed by atoms with Crippen molar-refractivity contribution in [3.63, 3.8) is 0 Å². The zero-order valence-corrected chi connectivity index (χ0v) is 19.8. The van der Waals surface area contributed by atoms with Gasteiger partial charge >= 0.3 is 0 Å². The number of carbonyl (C=O) groups is 1. The van der Waals surface area contributed by atoms with Crippen LogP contribution in [0.3, 0.4) is 0 Å². The van der Waals surface area contributed by atoms with Gasteiger partial charge < -0.3 is 5.32 Å². The van der Waals surface area contributed by atoms with E-state index in [0.29, 0.717) is 17.3 Å². The third-order valence-corrected chi connectivity index (χ3v) is 8.46. The van der Waals surface area contributed by atoms with E-state index in [4.69, 9.17) is 11.6 Å². The van der Waals surface area contributed by atoms with Gasteiger partial charge in [0.15, 0.2) is 0 Å². The van der Waals surface area contributed by atoms with Crippen molar-refractivity contribution in [2.24, 2.45) is 0 Å². The Bertz CT molecular complexity index is 1160. The Morgan fingerprint density at radius 1 is 1.10 bits per heavy atom. The van der Waals surface area contributed by atoms with Gasteiger partial charge in [0.1, 0.15) is 10.3 Å². The second-order valence-corrected chi connectivity index (χ2v) is 11.1. The summed E-state index contributed by atoms with van der Waals surface area (Å²) in [4.78, 5) is 13.9. The van der Waals surface area contributed by atoms with E-state index in [2.05, 4.69) is 10.6 Å². The minimum Gasteiger partial charge on any atom is -0.324 e. The van der Waals surface area contributed by atoms with E-state index < -0.39 is 16.1 Å². The van der Waals surface area contributed by atoms with Crippen LogP contribution in [0.4, 0.5) is 5.69 Å². The Labute approximate surface area is 191 Å². The first-order valence-corrected chi connectivity index (χ1v) is 12.2. The van der Waals surface area contributed by atoms with Crippen molar-refractivity contribution < 1.29 is 13.2 Å². The Hall–Kier alpha value is -2.23. The van der Waals surface area contributed by atoms with Crippen molar-refractivity contribution in [3.8, 4) is 0 Å². The highest BCUT2D eigenvalue weighted by Crippen LogP contribution is 2.25. The van der Waals surface area contributed by atoms with E-state index in [1.165, 1.54) is 29.7 Å². The maximum absolute atomic E-state index is 13.1. The number of rotatable bonds is 8. The van der Waals surface area contributed by atoms with Crippen molar-refractivity contribution in [2.75, 3.05) is 19.4 Å². The number of nitrogens with one attached hydrogen (secondary N) is 2. The van der Waals surface area contributed by atoms with Gasteiger partial charge in [-0.05, 0) is 42.3 Å². The Balaban J connectivity index is 1.78. The van der Waals surface area contributed by atoms with Crippen LogP contribution in [0.25, 0.3) is 0 Å². The quantitative estimate of drug-likeness (QED) is 0.503. The molecule has 0 aliphatic heterocycles. The van der Waals surface area contributed by atoms with Gasteiger partial charge in [0.05, 0.1) is 0 Å². The summed E-state index contributed by atoms with van der Waals surface area (Å²) in [5.41, 5.74) is 2.34. The third-order valence-electron chi connectivity index (χ3n) is 4.69. The van der Waals surface area contributed by atoms with Crippen LogP contribution in [0.15, 0.2) is 64.9 Å². The maximum atomic E-state index is 13.1. The SMILES string of the molecule is Cc1ccc(NC(=O)C(NCc2ccc(S(=O)(=O)N(C)C)s2)c2ccccc2)cc1Cl. The minimum absolute atomic E-state index is 0.233. The molecule has 6 nitrogen and oxygen atoms in total. The highest BCUT2D eigenvalue weighted by Gasteiger charge is 2.22. The lowest BCUT2D eigenvalue weighted by Gasteiger charge is -2.19. The monoisotopic (exact) mass is 477 g/mol.